The second kappa shape index (κ2) is 7.22. The van der Waals surface area contributed by atoms with Gasteiger partial charge in [0.15, 0.2) is 5.60 Å². The molecule has 0 unspecified atom stereocenters. The molecule has 3 aliphatic heterocycles. The van der Waals surface area contributed by atoms with Gasteiger partial charge >= 0.3 is 0 Å². The van der Waals surface area contributed by atoms with E-state index < -0.39 is 5.60 Å². The molecule has 4 aliphatic rings. The Hall–Kier alpha value is -1.55. The average Bonchev–Trinajstić information content (AvgIpc) is 2.89. The number of ether oxygens (including phenoxy) is 1. The lowest BCUT2D eigenvalue weighted by atomic mass is 9.83. The number of hydrogen-bond donors (Lipinski definition) is 0. The highest BCUT2D eigenvalue weighted by atomic mass is 16.5. The Balaban J connectivity index is 1.43. The zero-order valence-electron chi connectivity index (χ0n) is 16.2. The minimum Gasteiger partial charge on any atom is -0.478 e. The molecule has 1 aromatic rings. The summed E-state index contributed by atoms with van der Waals surface area (Å²) in [5.41, 5.74) is -0.829. The lowest BCUT2D eigenvalue weighted by Crippen LogP contribution is -2.51. The number of amides is 1. The van der Waals surface area contributed by atoms with E-state index in [0.29, 0.717) is 12.0 Å². The standard InChI is InChI=1S/C22H32N2O2/c1-22(2,26-20-9-4-3-5-10-20)21(25)24-15-18-11-12-19(16-24)23(14-18)13-17-7-6-8-17/h3-5,9-10,17-19H,6-8,11-16H2,1-2H3/t18-,19-/m1/s1. The first-order valence-corrected chi connectivity index (χ1v) is 10.3. The molecule has 0 radical (unpaired) electrons. The van der Waals surface area contributed by atoms with Crippen molar-refractivity contribution in [1.82, 2.24) is 9.80 Å². The first-order valence-electron chi connectivity index (χ1n) is 10.3. The molecule has 4 fully saturated rings. The van der Waals surface area contributed by atoms with Gasteiger partial charge in [0, 0.05) is 32.2 Å². The number of fused-ring (bicyclic) bond motifs is 4. The van der Waals surface area contributed by atoms with E-state index in [9.17, 15) is 4.79 Å². The normalized spacial score (nSPS) is 27.1. The molecule has 4 nitrogen and oxygen atoms in total. The zero-order valence-corrected chi connectivity index (χ0v) is 16.2. The van der Waals surface area contributed by atoms with Gasteiger partial charge in [-0.05, 0) is 63.5 Å². The van der Waals surface area contributed by atoms with Crippen molar-refractivity contribution in [3.8, 4) is 5.75 Å². The second-order valence-corrected chi connectivity index (χ2v) is 8.98. The Morgan fingerprint density at radius 2 is 1.85 bits per heavy atom. The summed E-state index contributed by atoms with van der Waals surface area (Å²) < 4.78 is 6.06. The van der Waals surface area contributed by atoms with E-state index in [1.165, 1.54) is 45.2 Å². The zero-order chi connectivity index (χ0) is 18.1. The molecule has 1 aliphatic carbocycles. The predicted molar refractivity (Wildman–Crippen MR) is 103 cm³/mol. The number of piperidine rings is 1. The summed E-state index contributed by atoms with van der Waals surface area (Å²) in [4.78, 5) is 18.1. The van der Waals surface area contributed by atoms with Crippen molar-refractivity contribution in [2.45, 2.75) is 57.6 Å². The van der Waals surface area contributed by atoms with Crippen LogP contribution in [0.3, 0.4) is 0 Å². The summed E-state index contributed by atoms with van der Waals surface area (Å²) in [5.74, 6) is 2.40. The molecule has 5 rings (SSSR count). The third-order valence-electron chi connectivity index (χ3n) is 6.46. The third kappa shape index (κ3) is 3.75. The molecule has 1 amide bonds. The molecule has 4 heteroatoms. The van der Waals surface area contributed by atoms with Crippen molar-refractivity contribution in [2.75, 3.05) is 26.2 Å². The van der Waals surface area contributed by atoms with Crippen LogP contribution in [-0.2, 0) is 4.79 Å². The predicted octanol–water partition coefficient (Wildman–Crippen LogP) is 3.57. The molecule has 0 aromatic heterocycles. The quantitative estimate of drug-likeness (QED) is 0.809. The summed E-state index contributed by atoms with van der Waals surface area (Å²) in [6, 6.07) is 10.2. The maximum atomic E-state index is 13.3. The van der Waals surface area contributed by atoms with Crippen molar-refractivity contribution in [1.29, 1.82) is 0 Å². The summed E-state index contributed by atoms with van der Waals surface area (Å²) in [6.07, 6.45) is 6.70. The van der Waals surface area contributed by atoms with Crippen LogP contribution in [0.15, 0.2) is 30.3 Å². The van der Waals surface area contributed by atoms with Gasteiger partial charge in [-0.1, -0.05) is 24.6 Å². The Morgan fingerprint density at radius 3 is 2.54 bits per heavy atom. The molecular formula is C22H32N2O2. The fourth-order valence-corrected chi connectivity index (χ4v) is 4.78. The first-order chi connectivity index (χ1) is 12.5. The number of para-hydroxylation sites is 1. The number of benzene rings is 1. The van der Waals surface area contributed by atoms with E-state index in [0.717, 1.165) is 24.8 Å². The SMILES string of the molecule is CC(C)(Oc1ccccc1)C(=O)N1C[C@@H]2CC[C@H](C1)N(CC1CCC1)C2. The fourth-order valence-electron chi connectivity index (χ4n) is 4.78. The topological polar surface area (TPSA) is 32.8 Å². The Bertz CT molecular complexity index is 626. The minimum atomic E-state index is -0.829. The molecule has 3 heterocycles. The van der Waals surface area contributed by atoms with Crippen LogP contribution in [0.4, 0.5) is 0 Å². The van der Waals surface area contributed by atoms with Gasteiger partial charge in [-0.15, -0.1) is 0 Å². The highest BCUT2D eigenvalue weighted by Gasteiger charge is 2.42. The molecule has 0 N–H and O–H groups in total. The van der Waals surface area contributed by atoms with E-state index in [1.807, 2.05) is 44.2 Å². The van der Waals surface area contributed by atoms with E-state index in [-0.39, 0.29) is 5.91 Å². The molecular weight excluding hydrogens is 324 g/mol. The smallest absolute Gasteiger partial charge is 0.266 e. The van der Waals surface area contributed by atoms with Gasteiger partial charge in [0.1, 0.15) is 5.75 Å². The van der Waals surface area contributed by atoms with Crippen LogP contribution in [0.2, 0.25) is 0 Å². The van der Waals surface area contributed by atoms with Crippen LogP contribution in [0, 0.1) is 11.8 Å². The van der Waals surface area contributed by atoms with Gasteiger partial charge in [-0.3, -0.25) is 9.69 Å². The molecule has 3 saturated heterocycles. The molecule has 2 bridgehead atoms. The van der Waals surface area contributed by atoms with Crippen molar-refractivity contribution in [3.63, 3.8) is 0 Å². The van der Waals surface area contributed by atoms with Gasteiger partial charge in [-0.2, -0.15) is 0 Å². The number of carbonyl (C=O) groups excluding carboxylic acids is 1. The Kier molecular flexibility index (Phi) is 4.96. The van der Waals surface area contributed by atoms with Gasteiger partial charge in [-0.25, -0.2) is 0 Å². The van der Waals surface area contributed by atoms with Crippen LogP contribution < -0.4 is 4.74 Å². The lowest BCUT2D eigenvalue weighted by molar-refractivity contribution is -0.145. The van der Waals surface area contributed by atoms with E-state index in [4.69, 9.17) is 4.74 Å². The fraction of sp³-hybridized carbons (Fsp3) is 0.682. The highest BCUT2D eigenvalue weighted by molar-refractivity contribution is 5.85. The lowest BCUT2D eigenvalue weighted by Gasteiger charge is -2.40. The van der Waals surface area contributed by atoms with Crippen molar-refractivity contribution >= 4 is 5.91 Å². The van der Waals surface area contributed by atoms with Crippen LogP contribution >= 0.6 is 0 Å². The van der Waals surface area contributed by atoms with Crippen LogP contribution in [0.5, 0.6) is 5.75 Å². The van der Waals surface area contributed by atoms with Gasteiger partial charge < -0.3 is 9.64 Å². The number of carbonyl (C=O) groups is 1. The van der Waals surface area contributed by atoms with Gasteiger partial charge in [0.25, 0.3) is 5.91 Å². The van der Waals surface area contributed by atoms with Crippen molar-refractivity contribution < 1.29 is 9.53 Å². The Morgan fingerprint density at radius 1 is 1.08 bits per heavy atom. The van der Waals surface area contributed by atoms with Crippen LogP contribution in [-0.4, -0.2) is 53.5 Å². The largest absolute Gasteiger partial charge is 0.478 e. The molecule has 2 atom stereocenters. The van der Waals surface area contributed by atoms with Crippen molar-refractivity contribution in [3.05, 3.63) is 30.3 Å². The molecule has 1 saturated carbocycles. The second-order valence-electron chi connectivity index (χ2n) is 8.98. The van der Waals surface area contributed by atoms with Gasteiger partial charge in [0.2, 0.25) is 0 Å². The number of nitrogens with zero attached hydrogens (tertiary/aromatic N) is 2. The number of hydrogen-bond acceptors (Lipinski definition) is 3. The highest BCUT2D eigenvalue weighted by Crippen LogP contribution is 2.34. The van der Waals surface area contributed by atoms with E-state index >= 15 is 0 Å². The minimum absolute atomic E-state index is 0.128. The molecule has 0 spiro atoms. The summed E-state index contributed by atoms with van der Waals surface area (Å²) in [5, 5.41) is 0. The van der Waals surface area contributed by atoms with Crippen LogP contribution in [0.25, 0.3) is 0 Å². The Labute approximate surface area is 157 Å². The average molecular weight is 357 g/mol. The molecule has 142 valence electrons. The van der Waals surface area contributed by atoms with E-state index in [2.05, 4.69) is 9.80 Å². The molecule has 26 heavy (non-hydrogen) atoms. The molecule has 1 aromatic carbocycles. The maximum Gasteiger partial charge on any atom is 0.266 e. The third-order valence-corrected chi connectivity index (χ3v) is 6.46. The van der Waals surface area contributed by atoms with E-state index in [1.54, 1.807) is 0 Å². The van der Waals surface area contributed by atoms with Crippen LogP contribution in [0.1, 0.15) is 46.0 Å². The summed E-state index contributed by atoms with van der Waals surface area (Å²) >= 11 is 0. The first kappa shape index (κ1) is 17.8. The monoisotopic (exact) mass is 356 g/mol. The maximum absolute atomic E-state index is 13.3. The van der Waals surface area contributed by atoms with Gasteiger partial charge in [0.05, 0.1) is 0 Å². The summed E-state index contributed by atoms with van der Waals surface area (Å²) in [6.45, 7) is 7.97. The summed E-state index contributed by atoms with van der Waals surface area (Å²) in [7, 11) is 0. The van der Waals surface area contributed by atoms with Crippen molar-refractivity contribution in [2.24, 2.45) is 11.8 Å². The number of rotatable bonds is 5.